The summed E-state index contributed by atoms with van der Waals surface area (Å²) in [6.45, 7) is 4.69. The van der Waals surface area contributed by atoms with E-state index in [1.165, 1.54) is 12.1 Å². The highest BCUT2D eigenvalue weighted by molar-refractivity contribution is 5.89. The van der Waals surface area contributed by atoms with Crippen LogP contribution in [0.25, 0.3) is 0 Å². The Bertz CT molecular complexity index is 1260. The zero-order chi connectivity index (χ0) is 28.8. The van der Waals surface area contributed by atoms with Crippen LogP contribution in [0.1, 0.15) is 102 Å². The molecule has 5 aliphatic carbocycles. The fourth-order valence-corrected chi connectivity index (χ4v) is 11.1. The predicted octanol–water partition coefficient (Wildman–Crippen LogP) is 7.15. The minimum Gasteiger partial charge on any atom is -0.350 e. The molecular formula is C34H43F3N2O2. The lowest BCUT2D eigenvalue weighted by atomic mass is 9.48. The van der Waals surface area contributed by atoms with Crippen LogP contribution in [0.3, 0.4) is 0 Å². The maximum Gasteiger partial charge on any atom is 0.416 e. The lowest BCUT2D eigenvalue weighted by Crippen LogP contribution is -2.60. The van der Waals surface area contributed by atoms with Crippen LogP contribution in [0.15, 0.2) is 36.4 Å². The van der Waals surface area contributed by atoms with E-state index >= 15 is 0 Å². The van der Waals surface area contributed by atoms with Gasteiger partial charge < -0.3 is 10.6 Å². The molecule has 222 valence electrons. The summed E-state index contributed by atoms with van der Waals surface area (Å²) in [5.41, 5.74) is -0.111. The summed E-state index contributed by atoms with van der Waals surface area (Å²) in [6, 6.07) is 5.90. The predicted molar refractivity (Wildman–Crippen MR) is 151 cm³/mol. The Morgan fingerprint density at radius 1 is 0.927 bits per heavy atom. The molecular weight excluding hydrogens is 525 g/mol. The van der Waals surface area contributed by atoms with Gasteiger partial charge in [-0.2, -0.15) is 13.2 Å². The number of fused-ring (bicyclic) bond motifs is 7. The molecule has 5 fully saturated rings. The molecule has 2 N–H and O–H groups in total. The molecule has 4 nitrogen and oxygen atoms in total. The zero-order valence-electron chi connectivity index (χ0n) is 24.2. The lowest BCUT2D eigenvalue weighted by molar-refractivity contribution is -0.137. The number of hydrogen-bond donors (Lipinski definition) is 2. The number of amides is 2. The molecule has 6 aliphatic rings. The summed E-state index contributed by atoms with van der Waals surface area (Å²) in [4.78, 5) is 26.4. The first-order valence-electron chi connectivity index (χ1n) is 15.9. The number of alkyl halides is 3. The molecule has 2 amide bonds. The van der Waals surface area contributed by atoms with E-state index in [-0.39, 0.29) is 46.1 Å². The highest BCUT2D eigenvalue weighted by Gasteiger charge is 2.61. The minimum absolute atomic E-state index is 0.0205. The molecule has 0 saturated heterocycles. The molecule has 1 aromatic carbocycles. The van der Waals surface area contributed by atoms with Crippen molar-refractivity contribution < 1.29 is 22.8 Å². The highest BCUT2D eigenvalue weighted by Crippen LogP contribution is 2.65. The molecule has 2 bridgehead atoms. The van der Waals surface area contributed by atoms with Crippen LogP contribution < -0.4 is 10.6 Å². The molecule has 0 aromatic heterocycles. The smallest absolute Gasteiger partial charge is 0.350 e. The summed E-state index contributed by atoms with van der Waals surface area (Å²) >= 11 is 0. The van der Waals surface area contributed by atoms with Crippen molar-refractivity contribution in [3.05, 3.63) is 47.5 Å². The number of carbonyl (C=O) groups is 2. The van der Waals surface area contributed by atoms with E-state index in [0.717, 1.165) is 76.2 Å². The first-order valence-corrected chi connectivity index (χ1v) is 15.9. The number of rotatable bonds is 3. The monoisotopic (exact) mass is 568 g/mol. The third-order valence-electron chi connectivity index (χ3n) is 13.2. The second-order valence-electron chi connectivity index (χ2n) is 14.9. The van der Waals surface area contributed by atoms with E-state index in [0.29, 0.717) is 23.7 Å². The Kier molecular flexibility index (Phi) is 6.27. The average Bonchev–Trinajstić information content (AvgIpc) is 3.45. The third kappa shape index (κ3) is 4.22. The average molecular weight is 569 g/mol. The number of halogens is 3. The van der Waals surface area contributed by atoms with E-state index in [2.05, 4.69) is 30.6 Å². The van der Waals surface area contributed by atoms with Gasteiger partial charge in [0.2, 0.25) is 11.8 Å². The Balaban J connectivity index is 1.11. The van der Waals surface area contributed by atoms with E-state index in [9.17, 15) is 22.8 Å². The molecule has 5 unspecified atom stereocenters. The molecule has 1 heterocycles. The van der Waals surface area contributed by atoms with Gasteiger partial charge in [-0.25, -0.2) is 0 Å². The van der Waals surface area contributed by atoms with Crippen molar-refractivity contribution in [1.29, 1.82) is 0 Å². The maximum absolute atomic E-state index is 14.3. The fraction of sp³-hybridized carbons (Fsp3) is 0.706. The van der Waals surface area contributed by atoms with Gasteiger partial charge >= 0.3 is 6.18 Å². The summed E-state index contributed by atoms with van der Waals surface area (Å²) < 4.78 is 39.7. The Hall–Kier alpha value is -2.31. The van der Waals surface area contributed by atoms with Crippen molar-refractivity contribution in [2.45, 2.75) is 108 Å². The topological polar surface area (TPSA) is 58.2 Å². The summed E-state index contributed by atoms with van der Waals surface area (Å²) in [5, 5.41) is 6.86. The van der Waals surface area contributed by atoms with Crippen LogP contribution in [0, 0.1) is 40.4 Å². The molecule has 0 radical (unpaired) electrons. The van der Waals surface area contributed by atoms with Gasteiger partial charge in [0.25, 0.3) is 0 Å². The quantitative estimate of drug-likeness (QED) is 0.407. The standard InChI is InChI=1S/C34H43F3N2O2/c1-31-16-14-26-23(8-12-28-32(26,2)17-15-29(40)38-28)25(31)10-11-27(31)30(41)39-33-18-13-20(19-33)3-9-24(33)21-4-6-22(7-5-21)34(35,36)37/h4-7,15,17,20,23-28H,3,8-14,16,18-19H2,1-2H3,(H,38,40)(H,39,41)/t20?,23-,24?,25-,26+,27?,28?,31-,32+,33?/m0/s1. The van der Waals surface area contributed by atoms with Crippen LogP contribution >= 0.6 is 0 Å². The van der Waals surface area contributed by atoms with Crippen LogP contribution in [-0.2, 0) is 15.8 Å². The first-order chi connectivity index (χ1) is 19.4. The largest absolute Gasteiger partial charge is 0.416 e. The highest BCUT2D eigenvalue weighted by atomic mass is 19.4. The summed E-state index contributed by atoms with van der Waals surface area (Å²) in [5.74, 6) is 2.41. The van der Waals surface area contributed by atoms with Crippen molar-refractivity contribution in [1.82, 2.24) is 10.6 Å². The van der Waals surface area contributed by atoms with Crippen molar-refractivity contribution >= 4 is 11.8 Å². The molecule has 7 heteroatoms. The van der Waals surface area contributed by atoms with Crippen LogP contribution in [0.2, 0.25) is 0 Å². The Labute approximate surface area is 241 Å². The molecule has 0 spiro atoms. The summed E-state index contributed by atoms with van der Waals surface area (Å²) in [6.07, 6.45) is 10.6. The second-order valence-corrected chi connectivity index (χ2v) is 14.9. The zero-order valence-corrected chi connectivity index (χ0v) is 24.2. The van der Waals surface area contributed by atoms with Crippen molar-refractivity contribution in [2.24, 2.45) is 40.4 Å². The molecule has 10 atom stereocenters. The van der Waals surface area contributed by atoms with Gasteiger partial charge in [-0.15, -0.1) is 0 Å². The van der Waals surface area contributed by atoms with Gasteiger partial charge in [-0.1, -0.05) is 32.1 Å². The number of benzene rings is 1. The maximum atomic E-state index is 14.3. The minimum atomic E-state index is -4.35. The first kappa shape index (κ1) is 27.5. The van der Waals surface area contributed by atoms with Gasteiger partial charge in [-0.05, 0) is 123 Å². The molecule has 7 rings (SSSR count). The Morgan fingerprint density at radius 3 is 2.46 bits per heavy atom. The van der Waals surface area contributed by atoms with E-state index in [1.54, 1.807) is 18.2 Å². The fourth-order valence-electron chi connectivity index (χ4n) is 11.1. The molecule has 1 aromatic rings. The van der Waals surface area contributed by atoms with Gasteiger partial charge in [0.15, 0.2) is 0 Å². The van der Waals surface area contributed by atoms with E-state index in [1.807, 2.05) is 0 Å². The van der Waals surface area contributed by atoms with Crippen molar-refractivity contribution in [2.75, 3.05) is 0 Å². The van der Waals surface area contributed by atoms with Gasteiger partial charge in [0.1, 0.15) is 0 Å². The van der Waals surface area contributed by atoms with Crippen LogP contribution in [-0.4, -0.2) is 23.4 Å². The molecule has 41 heavy (non-hydrogen) atoms. The van der Waals surface area contributed by atoms with Crippen molar-refractivity contribution in [3.63, 3.8) is 0 Å². The molecule has 5 saturated carbocycles. The normalized spacial score (nSPS) is 44.9. The second kappa shape index (κ2) is 9.34. The lowest BCUT2D eigenvalue weighted by Gasteiger charge is -2.58. The third-order valence-corrected chi connectivity index (χ3v) is 13.2. The number of carbonyl (C=O) groups excluding carboxylic acids is 2. The van der Waals surface area contributed by atoms with Gasteiger partial charge in [-0.3, -0.25) is 9.59 Å². The van der Waals surface area contributed by atoms with Crippen LogP contribution in [0.5, 0.6) is 0 Å². The number of hydrogen-bond acceptors (Lipinski definition) is 2. The summed E-state index contributed by atoms with van der Waals surface area (Å²) in [7, 11) is 0. The van der Waals surface area contributed by atoms with E-state index < -0.39 is 11.7 Å². The van der Waals surface area contributed by atoms with Crippen LogP contribution in [0.4, 0.5) is 13.2 Å². The number of nitrogens with one attached hydrogen (secondary N) is 2. The van der Waals surface area contributed by atoms with Gasteiger partial charge in [0.05, 0.1) is 5.56 Å². The van der Waals surface area contributed by atoms with E-state index in [4.69, 9.17) is 0 Å². The SMILES string of the molecule is C[C@]12C=CC(=O)NC1CC[C@@H]1[C@H]2CC[C@]2(C)C(C(=O)NC34CCC(CCC3c3ccc(C(F)(F)F)cc3)C4)CC[C@@H]12. The molecule has 1 aliphatic heterocycles. The van der Waals surface area contributed by atoms with Gasteiger partial charge in [0, 0.05) is 28.8 Å². The Morgan fingerprint density at radius 2 is 1.71 bits per heavy atom. The van der Waals surface area contributed by atoms with Crippen molar-refractivity contribution in [3.8, 4) is 0 Å².